The Morgan fingerprint density at radius 3 is 1.03 bits per heavy atom. The lowest BCUT2D eigenvalue weighted by molar-refractivity contribution is 0.521. The Labute approximate surface area is 369 Å². The summed E-state index contributed by atoms with van der Waals surface area (Å²) in [5.41, 5.74) is 9.47. The second-order valence-corrected chi connectivity index (χ2v) is 18.4. The molecular formula is C57H98N2. The largest absolute Gasteiger partial charge is 0.255 e. The Bertz CT molecular complexity index is 1300. The summed E-state index contributed by atoms with van der Waals surface area (Å²) in [5, 5.41) is 0. The van der Waals surface area contributed by atoms with Crippen LogP contribution in [-0.2, 0) is 25.7 Å². The fraction of sp³-hybridized carbons (Fsp3) is 0.754. The Morgan fingerprint density at radius 1 is 0.339 bits per heavy atom. The number of rotatable bonds is 41. The standard InChI is InChI=1S/C57H98N2/c1-6-11-16-17-18-19-20-21-22-23-24-25-26-27-28-29-30-31-32-33-38-43-57(59-56-47-45-52(40-35-13-8-3)54(49-56)42-37-15-10-5)50-58-55-46-44-51(39-34-12-7-2)53(48-55)41-36-14-9-4/h44-50H,6-43H2,1-5H3. The highest BCUT2D eigenvalue weighted by molar-refractivity contribution is 6.31. The van der Waals surface area contributed by atoms with Gasteiger partial charge in [-0.2, -0.15) is 0 Å². The number of aryl methyl sites for hydroxylation is 4. The summed E-state index contributed by atoms with van der Waals surface area (Å²) >= 11 is 0. The molecule has 0 bridgehead atoms. The molecule has 0 N–H and O–H groups in total. The van der Waals surface area contributed by atoms with Crippen LogP contribution in [0.4, 0.5) is 11.4 Å². The highest BCUT2D eigenvalue weighted by atomic mass is 14.8. The van der Waals surface area contributed by atoms with Crippen LogP contribution in [0.15, 0.2) is 46.4 Å². The fourth-order valence-electron chi connectivity index (χ4n) is 8.79. The number of hydrogen-bond donors (Lipinski definition) is 0. The van der Waals surface area contributed by atoms with E-state index >= 15 is 0 Å². The van der Waals surface area contributed by atoms with Crippen molar-refractivity contribution >= 4 is 23.3 Å². The third-order valence-corrected chi connectivity index (χ3v) is 12.8. The molecule has 0 aliphatic heterocycles. The van der Waals surface area contributed by atoms with E-state index in [1.807, 2.05) is 0 Å². The van der Waals surface area contributed by atoms with Gasteiger partial charge in [0, 0.05) is 6.21 Å². The van der Waals surface area contributed by atoms with Crippen molar-refractivity contribution in [1.82, 2.24) is 0 Å². The van der Waals surface area contributed by atoms with Crippen molar-refractivity contribution in [3.63, 3.8) is 0 Å². The van der Waals surface area contributed by atoms with Gasteiger partial charge in [0.15, 0.2) is 0 Å². The molecule has 0 aromatic heterocycles. The van der Waals surface area contributed by atoms with Crippen molar-refractivity contribution in [2.45, 2.75) is 279 Å². The van der Waals surface area contributed by atoms with E-state index in [-0.39, 0.29) is 0 Å². The fourth-order valence-corrected chi connectivity index (χ4v) is 8.79. The van der Waals surface area contributed by atoms with Gasteiger partial charge >= 0.3 is 0 Å². The van der Waals surface area contributed by atoms with Gasteiger partial charge < -0.3 is 0 Å². The number of aliphatic imine (C=N–C) groups is 2. The van der Waals surface area contributed by atoms with Crippen molar-refractivity contribution < 1.29 is 0 Å². The first-order chi connectivity index (χ1) is 29.1. The zero-order valence-corrected chi connectivity index (χ0v) is 40.3. The molecule has 0 fully saturated rings. The molecule has 0 saturated carbocycles. The normalized spacial score (nSPS) is 12.1. The van der Waals surface area contributed by atoms with Gasteiger partial charge in [0.25, 0.3) is 0 Å². The third kappa shape index (κ3) is 28.1. The summed E-state index contributed by atoms with van der Waals surface area (Å²) in [6.07, 6.45) is 53.1. The van der Waals surface area contributed by atoms with Crippen LogP contribution in [0.25, 0.3) is 0 Å². The van der Waals surface area contributed by atoms with Crippen LogP contribution in [0.5, 0.6) is 0 Å². The molecule has 0 aliphatic rings. The molecule has 0 heterocycles. The summed E-state index contributed by atoms with van der Waals surface area (Å²) < 4.78 is 0. The average molecular weight is 811 g/mol. The van der Waals surface area contributed by atoms with Gasteiger partial charge in [-0.15, -0.1) is 0 Å². The Kier molecular flexibility index (Phi) is 34.7. The van der Waals surface area contributed by atoms with E-state index in [2.05, 4.69) is 77.2 Å². The van der Waals surface area contributed by atoms with Crippen LogP contribution in [0, 0.1) is 0 Å². The van der Waals surface area contributed by atoms with E-state index in [0.717, 1.165) is 23.5 Å². The van der Waals surface area contributed by atoms with E-state index in [1.165, 1.54) is 254 Å². The van der Waals surface area contributed by atoms with Crippen LogP contribution >= 0.6 is 0 Å². The first-order valence-electron chi connectivity index (χ1n) is 26.5. The molecular weight excluding hydrogens is 713 g/mol. The second-order valence-electron chi connectivity index (χ2n) is 18.4. The predicted molar refractivity (Wildman–Crippen MR) is 268 cm³/mol. The average Bonchev–Trinajstić information content (AvgIpc) is 3.24. The molecule has 2 aromatic carbocycles. The van der Waals surface area contributed by atoms with E-state index in [9.17, 15) is 0 Å². The van der Waals surface area contributed by atoms with E-state index in [1.54, 1.807) is 5.56 Å². The van der Waals surface area contributed by atoms with Crippen LogP contribution in [-0.4, -0.2) is 11.9 Å². The van der Waals surface area contributed by atoms with Crippen LogP contribution in [0.2, 0.25) is 0 Å². The number of hydrogen-bond acceptors (Lipinski definition) is 2. The van der Waals surface area contributed by atoms with E-state index in [4.69, 9.17) is 9.98 Å². The summed E-state index contributed by atoms with van der Waals surface area (Å²) in [5.74, 6) is 0. The molecule has 0 aliphatic carbocycles. The molecule has 0 spiro atoms. The van der Waals surface area contributed by atoms with Crippen molar-refractivity contribution in [3.05, 3.63) is 58.7 Å². The molecule has 2 nitrogen and oxygen atoms in total. The van der Waals surface area contributed by atoms with E-state index in [0.29, 0.717) is 0 Å². The smallest absolute Gasteiger partial charge is 0.0636 e. The van der Waals surface area contributed by atoms with Crippen LogP contribution in [0.3, 0.4) is 0 Å². The van der Waals surface area contributed by atoms with Crippen molar-refractivity contribution in [2.24, 2.45) is 9.98 Å². The molecule has 2 heteroatoms. The Balaban J connectivity index is 1.91. The van der Waals surface area contributed by atoms with Crippen molar-refractivity contribution in [2.75, 3.05) is 0 Å². The Morgan fingerprint density at radius 2 is 0.644 bits per heavy atom. The van der Waals surface area contributed by atoms with Crippen LogP contribution < -0.4 is 0 Å². The van der Waals surface area contributed by atoms with Crippen LogP contribution in [0.1, 0.15) is 275 Å². The lowest BCUT2D eigenvalue weighted by atomic mass is 9.96. The minimum atomic E-state index is 1.00. The first-order valence-corrected chi connectivity index (χ1v) is 26.5. The lowest BCUT2D eigenvalue weighted by Crippen LogP contribution is -2.01. The SMILES string of the molecule is CCCCCCCCCCCCCCCCCCCCCCCC(C=Nc1ccc(CCCCC)c(CCCCC)c1)=Nc1ccc(CCCCC)c(CCCCC)c1. The summed E-state index contributed by atoms with van der Waals surface area (Å²) in [4.78, 5) is 10.5. The molecule has 0 saturated heterocycles. The second kappa shape index (κ2) is 38.7. The molecule has 0 amide bonds. The topological polar surface area (TPSA) is 24.7 Å². The quantitative estimate of drug-likeness (QED) is 0.0472. The first kappa shape index (κ1) is 52.9. The van der Waals surface area contributed by atoms with Gasteiger partial charge in [0.2, 0.25) is 0 Å². The minimum absolute atomic E-state index is 1.00. The molecule has 2 aromatic rings. The highest BCUT2D eigenvalue weighted by Crippen LogP contribution is 2.26. The maximum atomic E-state index is 5.34. The maximum Gasteiger partial charge on any atom is 0.0636 e. The molecule has 0 unspecified atom stereocenters. The van der Waals surface area contributed by atoms with Gasteiger partial charge in [-0.25, -0.2) is 0 Å². The third-order valence-electron chi connectivity index (χ3n) is 12.8. The zero-order chi connectivity index (χ0) is 42.3. The van der Waals surface area contributed by atoms with Gasteiger partial charge in [0.05, 0.1) is 17.1 Å². The lowest BCUT2D eigenvalue weighted by Gasteiger charge is -2.12. The zero-order valence-electron chi connectivity index (χ0n) is 40.3. The predicted octanol–water partition coefficient (Wildman–Crippen LogP) is 19.7. The molecule has 2 rings (SSSR count). The summed E-state index contributed by atoms with van der Waals surface area (Å²) in [7, 11) is 0. The molecule has 0 radical (unpaired) electrons. The molecule has 336 valence electrons. The molecule has 0 atom stereocenters. The van der Waals surface area contributed by atoms with Gasteiger partial charge in [-0.3, -0.25) is 9.98 Å². The highest BCUT2D eigenvalue weighted by Gasteiger charge is 2.08. The number of nitrogens with zero attached hydrogens (tertiary/aromatic N) is 2. The van der Waals surface area contributed by atoms with Crippen molar-refractivity contribution in [3.8, 4) is 0 Å². The summed E-state index contributed by atoms with van der Waals surface area (Å²) in [6, 6.07) is 14.1. The Hall–Kier alpha value is -2.22. The molecule has 59 heavy (non-hydrogen) atoms. The number of benzene rings is 2. The monoisotopic (exact) mass is 811 g/mol. The minimum Gasteiger partial charge on any atom is -0.255 e. The van der Waals surface area contributed by atoms with Gasteiger partial charge in [0.1, 0.15) is 0 Å². The maximum absolute atomic E-state index is 5.34. The van der Waals surface area contributed by atoms with Gasteiger partial charge in [-0.1, -0.05) is 227 Å². The number of unbranched alkanes of at least 4 members (excludes halogenated alkanes) is 28. The van der Waals surface area contributed by atoms with Crippen molar-refractivity contribution in [1.29, 1.82) is 0 Å². The summed E-state index contributed by atoms with van der Waals surface area (Å²) in [6.45, 7) is 11.5. The van der Waals surface area contributed by atoms with Gasteiger partial charge in [-0.05, 0) is 111 Å². The van der Waals surface area contributed by atoms with E-state index < -0.39 is 0 Å².